The number of nitrogens with one attached hydrogen (secondary N) is 1. The van der Waals surface area contributed by atoms with Crippen LogP contribution in [0.5, 0.6) is 0 Å². The van der Waals surface area contributed by atoms with Gasteiger partial charge in [0, 0.05) is 28.3 Å². The molecule has 1 amide bonds. The lowest BCUT2D eigenvalue weighted by Crippen LogP contribution is -2.40. The summed E-state index contributed by atoms with van der Waals surface area (Å²) in [5.74, 6) is -0.0151. The van der Waals surface area contributed by atoms with Gasteiger partial charge in [0.1, 0.15) is 4.99 Å². The molecule has 0 heterocycles. The van der Waals surface area contributed by atoms with Crippen LogP contribution in [0, 0.1) is 0 Å². The molecule has 0 aliphatic rings. The molecular formula is C14H20BrN3OS. The average Bonchev–Trinajstić information content (AvgIpc) is 2.35. The van der Waals surface area contributed by atoms with Gasteiger partial charge in [0.25, 0.3) is 0 Å². The number of benzene rings is 1. The van der Waals surface area contributed by atoms with Crippen molar-refractivity contribution in [2.75, 3.05) is 18.0 Å². The maximum Gasteiger partial charge on any atom is 0.239 e. The Kier molecular flexibility index (Phi) is 6.42. The molecule has 1 rings (SSSR count). The minimum absolute atomic E-state index is 0.0151. The molecule has 0 saturated carbocycles. The van der Waals surface area contributed by atoms with Gasteiger partial charge in [-0.25, -0.2) is 0 Å². The lowest BCUT2D eigenvalue weighted by molar-refractivity contribution is -0.120. The standard InChI is InChI=1S/C14H20BrN3OS/c1-4-18(8-13(19)17-9(2)3)12-6-5-10(15)7-11(12)14(16)20/h5-7,9H,4,8H2,1-3H3,(H2,16,20)(H,17,19). The van der Waals surface area contributed by atoms with E-state index in [0.717, 1.165) is 15.7 Å². The molecule has 0 fully saturated rings. The van der Waals surface area contributed by atoms with E-state index in [1.165, 1.54) is 0 Å². The van der Waals surface area contributed by atoms with Gasteiger partial charge >= 0.3 is 0 Å². The van der Waals surface area contributed by atoms with Gasteiger partial charge in [-0.1, -0.05) is 28.1 Å². The summed E-state index contributed by atoms with van der Waals surface area (Å²) in [7, 11) is 0. The fourth-order valence-corrected chi connectivity index (χ4v) is 2.41. The number of rotatable bonds is 6. The number of hydrogen-bond donors (Lipinski definition) is 2. The first-order valence-corrected chi connectivity index (χ1v) is 7.69. The molecule has 0 saturated heterocycles. The molecule has 3 N–H and O–H groups in total. The zero-order valence-corrected chi connectivity index (χ0v) is 14.3. The van der Waals surface area contributed by atoms with Crippen molar-refractivity contribution < 1.29 is 4.79 Å². The van der Waals surface area contributed by atoms with E-state index < -0.39 is 0 Å². The van der Waals surface area contributed by atoms with Crippen molar-refractivity contribution in [3.63, 3.8) is 0 Å². The van der Waals surface area contributed by atoms with Gasteiger partial charge in [-0.2, -0.15) is 0 Å². The van der Waals surface area contributed by atoms with Crippen LogP contribution in [-0.2, 0) is 4.79 Å². The van der Waals surface area contributed by atoms with Crippen molar-refractivity contribution in [1.29, 1.82) is 0 Å². The van der Waals surface area contributed by atoms with Crippen LogP contribution in [0.15, 0.2) is 22.7 Å². The van der Waals surface area contributed by atoms with Crippen LogP contribution in [0.25, 0.3) is 0 Å². The van der Waals surface area contributed by atoms with Crippen LogP contribution in [0.3, 0.4) is 0 Å². The highest BCUT2D eigenvalue weighted by molar-refractivity contribution is 9.10. The molecule has 0 bridgehead atoms. The summed E-state index contributed by atoms with van der Waals surface area (Å²) < 4.78 is 0.909. The highest BCUT2D eigenvalue weighted by Crippen LogP contribution is 2.24. The Morgan fingerprint density at radius 3 is 2.65 bits per heavy atom. The van der Waals surface area contributed by atoms with Gasteiger partial charge in [-0.05, 0) is 39.0 Å². The van der Waals surface area contributed by atoms with Crippen LogP contribution < -0.4 is 16.0 Å². The monoisotopic (exact) mass is 357 g/mol. The molecule has 1 aromatic carbocycles. The predicted octanol–water partition coefficient (Wildman–Crippen LogP) is 2.43. The summed E-state index contributed by atoms with van der Waals surface area (Å²) in [4.78, 5) is 14.2. The van der Waals surface area contributed by atoms with Crippen molar-refractivity contribution in [3.05, 3.63) is 28.2 Å². The van der Waals surface area contributed by atoms with E-state index in [-0.39, 0.29) is 18.5 Å². The Morgan fingerprint density at radius 1 is 1.50 bits per heavy atom. The molecule has 0 aliphatic heterocycles. The van der Waals surface area contributed by atoms with E-state index in [0.29, 0.717) is 11.5 Å². The van der Waals surface area contributed by atoms with E-state index in [2.05, 4.69) is 21.2 Å². The molecule has 110 valence electrons. The van der Waals surface area contributed by atoms with Gasteiger partial charge in [0.15, 0.2) is 0 Å². The normalized spacial score (nSPS) is 10.4. The third-order valence-electron chi connectivity index (χ3n) is 2.73. The molecule has 0 unspecified atom stereocenters. The van der Waals surface area contributed by atoms with Gasteiger partial charge in [-0.3, -0.25) is 4.79 Å². The summed E-state index contributed by atoms with van der Waals surface area (Å²) in [6.07, 6.45) is 0. The number of anilines is 1. The number of thiocarbonyl (C=S) groups is 1. The smallest absolute Gasteiger partial charge is 0.239 e. The molecule has 0 aromatic heterocycles. The zero-order valence-electron chi connectivity index (χ0n) is 11.9. The second kappa shape index (κ2) is 7.59. The third kappa shape index (κ3) is 4.76. The summed E-state index contributed by atoms with van der Waals surface area (Å²) in [6, 6.07) is 5.84. The predicted molar refractivity (Wildman–Crippen MR) is 91.2 cm³/mol. The van der Waals surface area contributed by atoms with Gasteiger partial charge in [-0.15, -0.1) is 0 Å². The second-order valence-corrected chi connectivity index (χ2v) is 6.12. The van der Waals surface area contributed by atoms with Gasteiger partial charge in [0.2, 0.25) is 5.91 Å². The van der Waals surface area contributed by atoms with Crippen molar-refractivity contribution in [2.24, 2.45) is 5.73 Å². The van der Waals surface area contributed by atoms with Crippen molar-refractivity contribution in [1.82, 2.24) is 5.32 Å². The maximum absolute atomic E-state index is 11.9. The Morgan fingerprint density at radius 2 is 2.15 bits per heavy atom. The van der Waals surface area contributed by atoms with Crippen molar-refractivity contribution >= 4 is 44.7 Å². The van der Waals surface area contributed by atoms with Crippen molar-refractivity contribution in [3.8, 4) is 0 Å². The van der Waals surface area contributed by atoms with E-state index in [1.807, 2.05) is 43.9 Å². The largest absolute Gasteiger partial charge is 0.389 e. The van der Waals surface area contributed by atoms with Crippen LogP contribution in [0.4, 0.5) is 5.69 Å². The van der Waals surface area contributed by atoms with Crippen LogP contribution in [0.1, 0.15) is 26.3 Å². The molecule has 0 aliphatic carbocycles. The minimum atomic E-state index is -0.0151. The number of amides is 1. The van der Waals surface area contributed by atoms with E-state index in [1.54, 1.807) is 0 Å². The Bertz CT molecular complexity index is 505. The molecule has 1 aromatic rings. The molecule has 4 nitrogen and oxygen atoms in total. The second-order valence-electron chi connectivity index (χ2n) is 4.76. The maximum atomic E-state index is 11.9. The number of halogens is 1. The van der Waals surface area contributed by atoms with Gasteiger partial charge in [0.05, 0.1) is 6.54 Å². The zero-order chi connectivity index (χ0) is 15.3. The summed E-state index contributed by atoms with van der Waals surface area (Å²) in [5, 5.41) is 2.88. The molecule has 20 heavy (non-hydrogen) atoms. The first kappa shape index (κ1) is 16.9. The molecule has 0 spiro atoms. The SMILES string of the molecule is CCN(CC(=O)NC(C)C)c1ccc(Br)cc1C(N)=S. The van der Waals surface area contributed by atoms with E-state index in [9.17, 15) is 4.79 Å². The number of hydrogen-bond acceptors (Lipinski definition) is 3. The minimum Gasteiger partial charge on any atom is -0.389 e. The van der Waals surface area contributed by atoms with E-state index >= 15 is 0 Å². The Labute approximate surface area is 133 Å². The quantitative estimate of drug-likeness (QED) is 0.767. The number of likely N-dealkylation sites (N-methyl/N-ethyl adjacent to an activating group) is 1. The number of nitrogens with two attached hydrogens (primary N) is 1. The highest BCUT2D eigenvalue weighted by atomic mass is 79.9. The van der Waals surface area contributed by atoms with Crippen LogP contribution in [-0.4, -0.2) is 30.0 Å². The molecular weight excluding hydrogens is 338 g/mol. The fraction of sp³-hybridized carbons (Fsp3) is 0.429. The summed E-state index contributed by atoms with van der Waals surface area (Å²) >= 11 is 8.50. The number of nitrogens with zero attached hydrogens (tertiary/aromatic N) is 1. The lowest BCUT2D eigenvalue weighted by Gasteiger charge is -2.25. The van der Waals surface area contributed by atoms with Crippen LogP contribution >= 0.6 is 28.1 Å². The number of carbonyl (C=O) groups is 1. The van der Waals surface area contributed by atoms with E-state index in [4.69, 9.17) is 18.0 Å². The first-order valence-electron chi connectivity index (χ1n) is 6.48. The lowest BCUT2D eigenvalue weighted by atomic mass is 10.1. The summed E-state index contributed by atoms with van der Waals surface area (Å²) in [6.45, 7) is 6.85. The first-order chi connectivity index (χ1) is 9.35. The average molecular weight is 358 g/mol. The molecule has 0 radical (unpaired) electrons. The summed E-state index contributed by atoms with van der Waals surface area (Å²) in [5.41, 5.74) is 7.42. The number of carbonyl (C=O) groups excluding carboxylic acids is 1. The molecule has 0 atom stereocenters. The third-order valence-corrected chi connectivity index (χ3v) is 3.44. The van der Waals surface area contributed by atoms with Gasteiger partial charge < -0.3 is 16.0 Å². The topological polar surface area (TPSA) is 58.4 Å². The Hall–Kier alpha value is -1.14. The fourth-order valence-electron chi connectivity index (χ4n) is 1.89. The molecule has 6 heteroatoms. The van der Waals surface area contributed by atoms with Crippen LogP contribution in [0.2, 0.25) is 0 Å². The Balaban J connectivity index is 3.00. The van der Waals surface area contributed by atoms with Crippen molar-refractivity contribution in [2.45, 2.75) is 26.8 Å². The highest BCUT2D eigenvalue weighted by Gasteiger charge is 2.15.